The highest BCUT2D eigenvalue weighted by Gasteiger charge is 2.11. The molecule has 5 nitrogen and oxygen atoms in total. The van der Waals surface area contributed by atoms with Gasteiger partial charge in [-0.3, -0.25) is 9.59 Å². The predicted octanol–water partition coefficient (Wildman–Crippen LogP) is 0.724. The zero-order valence-corrected chi connectivity index (χ0v) is 9.87. The summed E-state index contributed by atoms with van der Waals surface area (Å²) in [5, 5.41) is 13.0. The molecule has 0 fully saturated rings. The molecular weight excluding hydrogens is 256 g/mol. The van der Waals surface area contributed by atoms with Gasteiger partial charge in [0, 0.05) is 19.2 Å². The van der Waals surface area contributed by atoms with Crippen molar-refractivity contribution >= 4 is 11.8 Å². The number of rotatable bonds is 5. The number of nitrogens with zero attached hydrogens (tertiary/aromatic N) is 1. The van der Waals surface area contributed by atoms with Crippen LogP contribution in [-0.4, -0.2) is 24.9 Å². The molecule has 2 amide bonds. The summed E-state index contributed by atoms with van der Waals surface area (Å²) in [5.41, 5.74) is -0.273. The van der Waals surface area contributed by atoms with Gasteiger partial charge in [0.05, 0.1) is 11.6 Å². The van der Waals surface area contributed by atoms with Crippen molar-refractivity contribution in [1.29, 1.82) is 5.26 Å². The molecule has 1 rings (SSSR count). The van der Waals surface area contributed by atoms with Gasteiger partial charge in [0.1, 0.15) is 18.1 Å². The fraction of sp³-hybridized carbons (Fsp3) is 0.250. The van der Waals surface area contributed by atoms with Crippen LogP contribution < -0.4 is 10.6 Å². The molecule has 0 aliphatic carbocycles. The van der Waals surface area contributed by atoms with Crippen molar-refractivity contribution in [3.8, 4) is 6.07 Å². The quantitative estimate of drug-likeness (QED) is 0.771. The first-order chi connectivity index (χ1) is 9.04. The first kappa shape index (κ1) is 14.6. The molecule has 1 aromatic carbocycles. The number of carbonyl (C=O) groups excluding carboxylic acids is 2. The van der Waals surface area contributed by atoms with Gasteiger partial charge in [-0.15, -0.1) is 0 Å². The lowest BCUT2D eigenvalue weighted by Crippen LogP contribution is -2.34. The summed E-state index contributed by atoms with van der Waals surface area (Å²) in [6, 6.07) is 4.30. The minimum absolute atomic E-state index is 0.0762. The van der Waals surface area contributed by atoms with E-state index >= 15 is 0 Å². The lowest BCUT2D eigenvalue weighted by Gasteiger charge is -2.06. The first-order valence-corrected chi connectivity index (χ1v) is 5.41. The van der Waals surface area contributed by atoms with Crippen LogP contribution in [0.4, 0.5) is 8.78 Å². The van der Waals surface area contributed by atoms with Gasteiger partial charge in [-0.05, 0) is 12.1 Å². The van der Waals surface area contributed by atoms with Crippen LogP contribution >= 0.6 is 0 Å². The third-order valence-electron chi connectivity index (χ3n) is 2.15. The molecular formula is C12H11F2N3O2. The van der Waals surface area contributed by atoms with Gasteiger partial charge in [-0.25, -0.2) is 8.78 Å². The third kappa shape index (κ3) is 4.71. The third-order valence-corrected chi connectivity index (χ3v) is 2.15. The topological polar surface area (TPSA) is 82.0 Å². The Kier molecular flexibility index (Phi) is 5.41. The summed E-state index contributed by atoms with van der Waals surface area (Å²) >= 11 is 0. The molecule has 0 heterocycles. The van der Waals surface area contributed by atoms with E-state index in [0.29, 0.717) is 6.07 Å². The van der Waals surface area contributed by atoms with Crippen LogP contribution in [0.15, 0.2) is 18.2 Å². The van der Waals surface area contributed by atoms with Crippen LogP contribution in [0.1, 0.15) is 16.8 Å². The zero-order valence-electron chi connectivity index (χ0n) is 9.87. The number of nitrogens with one attached hydrogen (secondary N) is 2. The van der Waals surface area contributed by atoms with Crippen LogP contribution in [-0.2, 0) is 4.79 Å². The van der Waals surface area contributed by atoms with Gasteiger partial charge < -0.3 is 10.6 Å². The average molecular weight is 267 g/mol. The highest BCUT2D eigenvalue weighted by Crippen LogP contribution is 2.08. The number of benzene rings is 1. The molecule has 0 aromatic heterocycles. The molecule has 0 spiro atoms. The summed E-state index contributed by atoms with van der Waals surface area (Å²) in [6.07, 6.45) is -0.263. The van der Waals surface area contributed by atoms with Crippen molar-refractivity contribution in [2.45, 2.75) is 6.42 Å². The van der Waals surface area contributed by atoms with Gasteiger partial charge in [0.15, 0.2) is 0 Å². The Balaban J connectivity index is 2.40. The molecule has 0 bridgehead atoms. The van der Waals surface area contributed by atoms with Gasteiger partial charge in [0.25, 0.3) is 5.91 Å². The minimum Gasteiger partial charge on any atom is -0.353 e. The van der Waals surface area contributed by atoms with Crippen LogP contribution in [0.2, 0.25) is 0 Å². The lowest BCUT2D eigenvalue weighted by molar-refractivity contribution is -0.120. The van der Waals surface area contributed by atoms with E-state index < -0.39 is 23.4 Å². The van der Waals surface area contributed by atoms with E-state index in [1.807, 2.05) is 0 Å². The molecule has 0 unspecified atom stereocenters. The molecule has 0 radical (unpaired) electrons. The fourth-order valence-corrected chi connectivity index (χ4v) is 1.28. The van der Waals surface area contributed by atoms with Crippen molar-refractivity contribution in [2.75, 3.05) is 13.1 Å². The van der Waals surface area contributed by atoms with E-state index in [-0.39, 0.29) is 25.1 Å². The number of nitriles is 1. The molecule has 0 saturated heterocycles. The van der Waals surface area contributed by atoms with Crippen molar-refractivity contribution in [2.24, 2.45) is 0 Å². The maximum Gasteiger partial charge on any atom is 0.254 e. The largest absolute Gasteiger partial charge is 0.353 e. The monoisotopic (exact) mass is 267 g/mol. The fourth-order valence-electron chi connectivity index (χ4n) is 1.28. The normalized spacial score (nSPS) is 9.53. The second-order valence-corrected chi connectivity index (χ2v) is 3.56. The highest BCUT2D eigenvalue weighted by atomic mass is 19.1. The minimum atomic E-state index is -0.953. The summed E-state index contributed by atoms with van der Waals surface area (Å²) in [6.45, 7) is 0.196. The maximum atomic E-state index is 13.2. The van der Waals surface area contributed by atoms with E-state index in [9.17, 15) is 18.4 Å². The molecule has 0 atom stereocenters. The second kappa shape index (κ2) is 7.06. The summed E-state index contributed by atoms with van der Waals surface area (Å²) in [5.74, 6) is -2.87. The smallest absolute Gasteiger partial charge is 0.254 e. The molecule has 19 heavy (non-hydrogen) atoms. The number of hydrogen-bond acceptors (Lipinski definition) is 3. The Bertz CT molecular complexity index is 526. The van der Waals surface area contributed by atoms with Gasteiger partial charge >= 0.3 is 0 Å². The lowest BCUT2D eigenvalue weighted by atomic mass is 10.2. The Labute approximate surface area is 108 Å². The van der Waals surface area contributed by atoms with Crippen LogP contribution in [0.3, 0.4) is 0 Å². The highest BCUT2D eigenvalue weighted by molar-refractivity contribution is 5.94. The van der Waals surface area contributed by atoms with Gasteiger partial charge in [-0.1, -0.05) is 0 Å². The summed E-state index contributed by atoms with van der Waals surface area (Å²) in [7, 11) is 0. The van der Waals surface area contributed by atoms with Crippen molar-refractivity contribution in [1.82, 2.24) is 10.6 Å². The van der Waals surface area contributed by atoms with Gasteiger partial charge in [0.2, 0.25) is 5.91 Å². The molecule has 2 N–H and O–H groups in total. The van der Waals surface area contributed by atoms with Gasteiger partial charge in [-0.2, -0.15) is 5.26 Å². The van der Waals surface area contributed by atoms with E-state index in [1.54, 1.807) is 6.07 Å². The average Bonchev–Trinajstić information content (AvgIpc) is 2.34. The molecule has 0 aliphatic heterocycles. The number of amides is 2. The summed E-state index contributed by atoms with van der Waals surface area (Å²) < 4.78 is 25.9. The Hall–Kier alpha value is -2.49. The van der Waals surface area contributed by atoms with Crippen LogP contribution in [0.5, 0.6) is 0 Å². The molecule has 7 heteroatoms. The Morgan fingerprint density at radius 1 is 1.21 bits per heavy atom. The van der Waals surface area contributed by atoms with E-state index in [2.05, 4.69) is 10.6 Å². The Morgan fingerprint density at radius 3 is 2.53 bits per heavy atom. The zero-order chi connectivity index (χ0) is 14.3. The first-order valence-electron chi connectivity index (χ1n) is 5.41. The molecule has 1 aromatic rings. The number of carbonyl (C=O) groups is 2. The molecule has 0 aliphatic rings. The van der Waals surface area contributed by atoms with Crippen molar-refractivity contribution in [3.63, 3.8) is 0 Å². The van der Waals surface area contributed by atoms with E-state index in [0.717, 1.165) is 12.1 Å². The molecule has 0 saturated carbocycles. The van der Waals surface area contributed by atoms with Crippen molar-refractivity contribution < 1.29 is 18.4 Å². The SMILES string of the molecule is N#CCC(=O)NCCNC(=O)c1ccc(F)cc1F. The molecule has 100 valence electrons. The van der Waals surface area contributed by atoms with Crippen LogP contribution in [0.25, 0.3) is 0 Å². The number of hydrogen-bond donors (Lipinski definition) is 2. The van der Waals surface area contributed by atoms with Crippen molar-refractivity contribution in [3.05, 3.63) is 35.4 Å². The van der Waals surface area contributed by atoms with Crippen LogP contribution in [0, 0.1) is 23.0 Å². The van der Waals surface area contributed by atoms with E-state index in [1.165, 1.54) is 0 Å². The Morgan fingerprint density at radius 2 is 1.89 bits per heavy atom. The number of halogens is 2. The standard InChI is InChI=1S/C12H11F2N3O2/c13-8-1-2-9(10(14)7-8)12(19)17-6-5-16-11(18)3-4-15/h1-2,7H,3,5-6H2,(H,16,18)(H,17,19). The van der Waals surface area contributed by atoms with E-state index in [4.69, 9.17) is 5.26 Å². The summed E-state index contributed by atoms with van der Waals surface area (Å²) in [4.78, 5) is 22.4. The second-order valence-electron chi connectivity index (χ2n) is 3.56. The predicted molar refractivity (Wildman–Crippen MR) is 61.9 cm³/mol. The maximum absolute atomic E-state index is 13.2.